The van der Waals surface area contributed by atoms with Crippen LogP contribution in [0.25, 0.3) is 0 Å². The highest BCUT2D eigenvalue weighted by Gasteiger charge is 2.29. The van der Waals surface area contributed by atoms with Crippen LogP contribution >= 0.6 is 0 Å². The molecule has 1 rings (SSSR count). The first-order valence-corrected chi connectivity index (χ1v) is 5.07. The Bertz CT molecular complexity index is 357. The lowest BCUT2D eigenvalue weighted by Gasteiger charge is -2.17. The van der Waals surface area contributed by atoms with Gasteiger partial charge in [-0.3, -0.25) is 4.98 Å². The SMILES string of the molecule is CNC(CCC(F)(F)F)c1nccnc1OC. The monoisotopic (exact) mass is 249 g/mol. The second kappa shape index (κ2) is 5.81. The summed E-state index contributed by atoms with van der Waals surface area (Å²) in [4.78, 5) is 7.91. The summed E-state index contributed by atoms with van der Waals surface area (Å²) >= 11 is 0. The number of nitrogens with one attached hydrogen (secondary N) is 1. The normalized spacial score (nSPS) is 13.5. The number of hydrogen-bond donors (Lipinski definition) is 1. The summed E-state index contributed by atoms with van der Waals surface area (Å²) < 4.78 is 41.4. The summed E-state index contributed by atoms with van der Waals surface area (Å²) in [6.45, 7) is 0. The highest BCUT2D eigenvalue weighted by atomic mass is 19.4. The molecule has 0 aliphatic carbocycles. The Hall–Kier alpha value is -1.37. The molecule has 0 aromatic carbocycles. The van der Waals surface area contributed by atoms with Gasteiger partial charge in [-0.25, -0.2) is 4.98 Å². The molecule has 0 bridgehead atoms. The van der Waals surface area contributed by atoms with Crippen LogP contribution in [0.5, 0.6) is 5.88 Å². The molecule has 1 atom stereocenters. The van der Waals surface area contributed by atoms with Crippen molar-refractivity contribution in [1.29, 1.82) is 0 Å². The molecule has 0 amide bonds. The van der Waals surface area contributed by atoms with Gasteiger partial charge >= 0.3 is 6.18 Å². The first-order valence-electron chi connectivity index (χ1n) is 5.07. The zero-order valence-electron chi connectivity index (χ0n) is 9.58. The number of rotatable bonds is 5. The Morgan fingerprint density at radius 2 is 2.00 bits per heavy atom. The van der Waals surface area contributed by atoms with E-state index in [1.54, 1.807) is 7.05 Å². The Morgan fingerprint density at radius 3 is 2.53 bits per heavy atom. The molecular formula is C10H14F3N3O. The Kier molecular flexibility index (Phi) is 4.68. The van der Waals surface area contributed by atoms with Gasteiger partial charge in [-0.2, -0.15) is 13.2 Å². The topological polar surface area (TPSA) is 47.0 Å². The molecule has 1 aromatic rings. The molecule has 1 N–H and O–H groups in total. The lowest BCUT2D eigenvalue weighted by molar-refractivity contribution is -0.136. The smallest absolute Gasteiger partial charge is 0.389 e. The van der Waals surface area contributed by atoms with E-state index < -0.39 is 18.6 Å². The molecule has 0 aliphatic heterocycles. The third kappa shape index (κ3) is 4.18. The second-order valence-electron chi connectivity index (χ2n) is 3.45. The summed E-state index contributed by atoms with van der Waals surface area (Å²) in [6, 6.07) is -0.528. The van der Waals surface area contributed by atoms with Crippen molar-refractivity contribution in [3.63, 3.8) is 0 Å². The number of aromatic nitrogens is 2. The van der Waals surface area contributed by atoms with Crippen LogP contribution in [-0.2, 0) is 0 Å². The summed E-state index contributed by atoms with van der Waals surface area (Å²) in [5, 5.41) is 2.78. The van der Waals surface area contributed by atoms with Crippen molar-refractivity contribution in [2.75, 3.05) is 14.2 Å². The van der Waals surface area contributed by atoms with E-state index in [0.29, 0.717) is 5.69 Å². The molecule has 0 spiro atoms. The zero-order chi connectivity index (χ0) is 12.9. The molecule has 0 fully saturated rings. The number of hydrogen-bond acceptors (Lipinski definition) is 4. The van der Waals surface area contributed by atoms with Gasteiger partial charge in [0.05, 0.1) is 13.2 Å². The maximum Gasteiger partial charge on any atom is 0.389 e. The fourth-order valence-electron chi connectivity index (χ4n) is 1.46. The minimum atomic E-state index is -4.18. The molecule has 1 heterocycles. The van der Waals surface area contributed by atoms with E-state index in [1.165, 1.54) is 19.5 Å². The number of nitrogens with zero attached hydrogens (tertiary/aromatic N) is 2. The van der Waals surface area contributed by atoms with Crippen LogP contribution in [0.4, 0.5) is 13.2 Å². The van der Waals surface area contributed by atoms with E-state index in [0.717, 1.165) is 0 Å². The third-order valence-electron chi connectivity index (χ3n) is 2.28. The van der Waals surface area contributed by atoms with E-state index in [-0.39, 0.29) is 12.3 Å². The molecular weight excluding hydrogens is 235 g/mol. The minimum Gasteiger partial charge on any atom is -0.480 e. The lowest BCUT2D eigenvalue weighted by atomic mass is 10.1. The van der Waals surface area contributed by atoms with Crippen molar-refractivity contribution in [2.45, 2.75) is 25.1 Å². The summed E-state index contributed by atoms with van der Waals surface area (Å²) in [5.41, 5.74) is 0.391. The maximum atomic E-state index is 12.2. The van der Waals surface area contributed by atoms with Crippen LogP contribution in [-0.4, -0.2) is 30.3 Å². The summed E-state index contributed by atoms with van der Waals surface area (Å²) in [5.74, 6) is 0.244. The highest BCUT2D eigenvalue weighted by Crippen LogP contribution is 2.29. The van der Waals surface area contributed by atoms with Gasteiger partial charge in [-0.15, -0.1) is 0 Å². The molecule has 1 aromatic heterocycles. The van der Waals surface area contributed by atoms with Crippen LogP contribution in [0, 0.1) is 0 Å². The quantitative estimate of drug-likeness (QED) is 0.868. The molecule has 4 nitrogen and oxygen atoms in total. The van der Waals surface area contributed by atoms with Crippen molar-refractivity contribution < 1.29 is 17.9 Å². The van der Waals surface area contributed by atoms with Gasteiger partial charge < -0.3 is 10.1 Å². The molecule has 1 unspecified atom stereocenters. The van der Waals surface area contributed by atoms with Gasteiger partial charge in [0.25, 0.3) is 0 Å². The Morgan fingerprint density at radius 1 is 1.35 bits per heavy atom. The van der Waals surface area contributed by atoms with Gasteiger partial charge in [0.2, 0.25) is 5.88 Å². The van der Waals surface area contributed by atoms with Crippen LogP contribution in [0.2, 0.25) is 0 Å². The summed E-state index contributed by atoms with van der Waals surface area (Å²) in [6.07, 6.45) is -2.30. The Labute approximate surface area is 97.2 Å². The molecule has 96 valence electrons. The van der Waals surface area contributed by atoms with Gasteiger partial charge in [0.15, 0.2) is 0 Å². The van der Waals surface area contributed by atoms with Crippen molar-refractivity contribution in [3.8, 4) is 5.88 Å². The number of ether oxygens (including phenoxy) is 1. The van der Waals surface area contributed by atoms with Crippen LogP contribution in [0.1, 0.15) is 24.6 Å². The van der Waals surface area contributed by atoms with Crippen molar-refractivity contribution in [1.82, 2.24) is 15.3 Å². The largest absolute Gasteiger partial charge is 0.480 e. The van der Waals surface area contributed by atoms with Gasteiger partial charge in [-0.1, -0.05) is 0 Å². The number of halogens is 3. The Balaban J connectivity index is 2.79. The maximum absolute atomic E-state index is 12.2. The van der Waals surface area contributed by atoms with Gasteiger partial charge in [0.1, 0.15) is 5.69 Å². The molecule has 0 radical (unpaired) electrons. The lowest BCUT2D eigenvalue weighted by Crippen LogP contribution is -2.21. The standard InChI is InChI=1S/C10H14F3N3O/c1-14-7(3-4-10(11,12)13)8-9(17-2)16-6-5-15-8/h5-7,14H,3-4H2,1-2H3. The summed E-state index contributed by atoms with van der Waals surface area (Å²) in [7, 11) is 2.99. The van der Waals surface area contributed by atoms with Crippen molar-refractivity contribution >= 4 is 0 Å². The zero-order valence-corrected chi connectivity index (χ0v) is 9.58. The van der Waals surface area contributed by atoms with E-state index in [2.05, 4.69) is 15.3 Å². The van der Waals surface area contributed by atoms with E-state index >= 15 is 0 Å². The third-order valence-corrected chi connectivity index (χ3v) is 2.28. The van der Waals surface area contributed by atoms with Crippen molar-refractivity contribution in [3.05, 3.63) is 18.1 Å². The predicted octanol–water partition coefficient (Wildman–Crippen LogP) is 2.09. The number of alkyl halides is 3. The molecule has 7 heteroatoms. The molecule has 0 saturated carbocycles. The first kappa shape index (κ1) is 13.7. The van der Waals surface area contributed by atoms with Crippen LogP contribution < -0.4 is 10.1 Å². The average Bonchev–Trinajstić information content (AvgIpc) is 2.29. The van der Waals surface area contributed by atoms with Gasteiger partial charge in [0, 0.05) is 18.8 Å². The van der Waals surface area contributed by atoms with Crippen LogP contribution in [0.3, 0.4) is 0 Å². The fraction of sp³-hybridized carbons (Fsp3) is 0.600. The average molecular weight is 249 g/mol. The van der Waals surface area contributed by atoms with E-state index in [1.807, 2.05) is 0 Å². The van der Waals surface area contributed by atoms with E-state index in [9.17, 15) is 13.2 Å². The second-order valence-corrected chi connectivity index (χ2v) is 3.45. The molecule has 0 aliphatic rings. The highest BCUT2D eigenvalue weighted by molar-refractivity contribution is 5.21. The van der Waals surface area contributed by atoms with Crippen LogP contribution in [0.15, 0.2) is 12.4 Å². The fourth-order valence-corrected chi connectivity index (χ4v) is 1.46. The minimum absolute atomic E-state index is 0.102. The number of methoxy groups -OCH3 is 1. The first-order chi connectivity index (χ1) is 7.98. The molecule has 17 heavy (non-hydrogen) atoms. The van der Waals surface area contributed by atoms with Gasteiger partial charge in [-0.05, 0) is 13.5 Å². The van der Waals surface area contributed by atoms with Crippen molar-refractivity contribution in [2.24, 2.45) is 0 Å². The van der Waals surface area contributed by atoms with E-state index in [4.69, 9.17) is 4.74 Å². The predicted molar refractivity (Wildman–Crippen MR) is 55.7 cm³/mol. The molecule has 0 saturated heterocycles.